The number of aromatic nitrogens is 1. The second-order valence-corrected chi connectivity index (χ2v) is 8.14. The molecule has 0 fully saturated rings. The maximum Gasteiger partial charge on any atom is 0.311 e. The summed E-state index contributed by atoms with van der Waals surface area (Å²) in [6.45, 7) is 1.90. The van der Waals surface area contributed by atoms with Gasteiger partial charge in [0.05, 0.1) is 5.52 Å². The van der Waals surface area contributed by atoms with Gasteiger partial charge in [0.25, 0.3) is 5.91 Å². The maximum atomic E-state index is 12.9. The third-order valence-corrected chi connectivity index (χ3v) is 5.45. The zero-order valence-electron chi connectivity index (χ0n) is 17.5. The fourth-order valence-corrected chi connectivity index (χ4v) is 3.94. The van der Waals surface area contributed by atoms with Crippen LogP contribution in [0.5, 0.6) is 5.88 Å². The van der Waals surface area contributed by atoms with Crippen LogP contribution in [0.3, 0.4) is 0 Å². The number of hydrogen-bond donors (Lipinski definition) is 3. The van der Waals surface area contributed by atoms with Crippen LogP contribution in [0, 0.1) is 6.92 Å². The highest BCUT2D eigenvalue weighted by molar-refractivity contribution is 9.10. The number of aromatic hydroxyl groups is 1. The van der Waals surface area contributed by atoms with E-state index in [-0.39, 0.29) is 17.3 Å². The second kappa shape index (κ2) is 9.62. The van der Waals surface area contributed by atoms with E-state index in [0.29, 0.717) is 22.0 Å². The molecule has 0 atom stereocenters. The summed E-state index contributed by atoms with van der Waals surface area (Å²) in [6, 6.07) is 21.3. The Hall–Kier alpha value is -4.04. The number of nitrogens with zero attached hydrogens (tertiary/aromatic N) is 2. The van der Waals surface area contributed by atoms with Crippen molar-refractivity contribution in [3.8, 4) is 5.88 Å². The number of nitrogens with one attached hydrogen (secondary N) is 2. The Bertz CT molecular complexity index is 1390. The van der Waals surface area contributed by atoms with Crippen LogP contribution in [0.4, 0.5) is 5.69 Å². The minimum Gasteiger partial charge on any atom is -0.493 e. The van der Waals surface area contributed by atoms with E-state index in [1.165, 1.54) is 6.08 Å². The van der Waals surface area contributed by atoms with Gasteiger partial charge in [-0.3, -0.25) is 9.59 Å². The normalized spacial score (nSPS) is 11.8. The molecule has 0 spiro atoms. The van der Waals surface area contributed by atoms with Gasteiger partial charge in [-0.15, -0.1) is 10.2 Å². The number of carbonyl (C=O) groups is 2. The third kappa shape index (κ3) is 5.07. The van der Waals surface area contributed by atoms with Crippen molar-refractivity contribution in [3.05, 3.63) is 99.7 Å². The van der Waals surface area contributed by atoms with Crippen molar-refractivity contribution >= 4 is 50.4 Å². The first-order valence-electron chi connectivity index (χ1n) is 10.0. The standard InChI is InChI=1S/C25H19BrN4O3/c1-15-12-18-21(19(26)13-15)28-25(33)22(18)29-30-24(32)20(14-16-8-4-2-5-9-16)27-23(31)17-10-6-3-7-11-17/h2-14,28,33H,1H3,(H,27,31)/b20-14+,30-29?. The summed E-state index contributed by atoms with van der Waals surface area (Å²) >= 11 is 3.45. The molecule has 7 nitrogen and oxygen atoms in total. The molecule has 0 bridgehead atoms. The molecule has 0 saturated carbocycles. The minimum absolute atomic E-state index is 0.0458. The van der Waals surface area contributed by atoms with Crippen LogP contribution >= 0.6 is 15.9 Å². The highest BCUT2D eigenvalue weighted by atomic mass is 79.9. The summed E-state index contributed by atoms with van der Waals surface area (Å²) in [6.07, 6.45) is 1.53. The van der Waals surface area contributed by atoms with E-state index in [2.05, 4.69) is 36.5 Å². The number of halogens is 1. The Balaban J connectivity index is 1.68. The van der Waals surface area contributed by atoms with E-state index in [1.807, 2.05) is 37.3 Å². The Morgan fingerprint density at radius 3 is 2.39 bits per heavy atom. The highest BCUT2D eigenvalue weighted by Gasteiger charge is 2.17. The van der Waals surface area contributed by atoms with Gasteiger partial charge in [0.1, 0.15) is 5.70 Å². The van der Waals surface area contributed by atoms with Gasteiger partial charge in [0.15, 0.2) is 5.69 Å². The molecule has 0 aliphatic rings. The predicted octanol–water partition coefficient (Wildman–Crippen LogP) is 6.03. The van der Waals surface area contributed by atoms with Crippen molar-refractivity contribution < 1.29 is 14.7 Å². The SMILES string of the molecule is Cc1cc(Br)c2[nH]c(O)c(N=NC(=O)/C(=C\c3ccccc3)NC(=O)c3ccccc3)c2c1. The molecule has 0 saturated heterocycles. The number of azo groups is 1. The lowest BCUT2D eigenvalue weighted by Gasteiger charge is -2.07. The quantitative estimate of drug-likeness (QED) is 0.229. The van der Waals surface area contributed by atoms with E-state index in [4.69, 9.17) is 0 Å². The molecule has 2 amide bonds. The van der Waals surface area contributed by atoms with Gasteiger partial charge in [0, 0.05) is 15.4 Å². The number of hydrogen-bond acceptors (Lipinski definition) is 4. The highest BCUT2D eigenvalue weighted by Crippen LogP contribution is 2.39. The average molecular weight is 503 g/mol. The summed E-state index contributed by atoms with van der Waals surface area (Å²) < 4.78 is 0.750. The van der Waals surface area contributed by atoms with Crippen LogP contribution in [0.15, 0.2) is 93.2 Å². The van der Waals surface area contributed by atoms with Gasteiger partial charge in [-0.25, -0.2) is 0 Å². The van der Waals surface area contributed by atoms with E-state index < -0.39 is 11.8 Å². The van der Waals surface area contributed by atoms with E-state index in [1.54, 1.807) is 42.5 Å². The Labute approximate surface area is 198 Å². The topological polar surface area (TPSA) is 107 Å². The summed E-state index contributed by atoms with van der Waals surface area (Å²) in [4.78, 5) is 28.4. The number of rotatable bonds is 5. The smallest absolute Gasteiger partial charge is 0.311 e. The molecule has 164 valence electrons. The number of aromatic amines is 1. The lowest BCUT2D eigenvalue weighted by molar-refractivity contribution is -0.115. The number of H-pyrrole nitrogens is 1. The van der Waals surface area contributed by atoms with Gasteiger partial charge in [-0.1, -0.05) is 48.5 Å². The first-order valence-corrected chi connectivity index (χ1v) is 10.8. The largest absolute Gasteiger partial charge is 0.493 e. The summed E-state index contributed by atoms with van der Waals surface area (Å²) in [5, 5.41) is 21.3. The number of fused-ring (bicyclic) bond motifs is 1. The lowest BCUT2D eigenvalue weighted by atomic mass is 10.1. The first-order chi connectivity index (χ1) is 15.9. The van der Waals surface area contributed by atoms with Gasteiger partial charge in [-0.2, -0.15) is 0 Å². The van der Waals surface area contributed by atoms with E-state index in [9.17, 15) is 14.7 Å². The second-order valence-electron chi connectivity index (χ2n) is 7.29. The van der Waals surface area contributed by atoms with Crippen molar-refractivity contribution in [2.75, 3.05) is 0 Å². The van der Waals surface area contributed by atoms with Crippen molar-refractivity contribution in [1.29, 1.82) is 0 Å². The van der Waals surface area contributed by atoms with Crippen molar-refractivity contribution in [2.24, 2.45) is 10.2 Å². The van der Waals surface area contributed by atoms with Gasteiger partial charge in [-0.05, 0) is 64.3 Å². The molecule has 4 rings (SSSR count). The number of carbonyl (C=O) groups excluding carboxylic acids is 2. The predicted molar refractivity (Wildman–Crippen MR) is 130 cm³/mol. The summed E-state index contributed by atoms with van der Waals surface area (Å²) in [7, 11) is 0. The molecule has 3 aromatic carbocycles. The molecule has 4 aromatic rings. The van der Waals surface area contributed by atoms with Crippen LogP contribution in [0.25, 0.3) is 17.0 Å². The minimum atomic E-state index is -0.761. The fourth-order valence-electron chi connectivity index (χ4n) is 3.26. The molecule has 1 heterocycles. The van der Waals surface area contributed by atoms with Gasteiger partial charge < -0.3 is 15.4 Å². The van der Waals surface area contributed by atoms with Crippen LogP contribution < -0.4 is 5.32 Å². The molecule has 0 radical (unpaired) electrons. The van der Waals surface area contributed by atoms with Crippen molar-refractivity contribution in [2.45, 2.75) is 6.92 Å². The Kier molecular flexibility index (Phi) is 6.46. The van der Waals surface area contributed by atoms with Crippen molar-refractivity contribution in [1.82, 2.24) is 10.3 Å². The molecular weight excluding hydrogens is 484 g/mol. The van der Waals surface area contributed by atoms with Crippen LogP contribution in [-0.4, -0.2) is 21.9 Å². The molecular formula is C25H19BrN4O3. The van der Waals surface area contributed by atoms with E-state index in [0.717, 1.165) is 10.0 Å². The monoisotopic (exact) mass is 502 g/mol. The fraction of sp³-hybridized carbons (Fsp3) is 0.0400. The molecule has 8 heteroatoms. The average Bonchev–Trinajstić information content (AvgIpc) is 3.13. The van der Waals surface area contributed by atoms with Crippen LogP contribution in [0.2, 0.25) is 0 Å². The van der Waals surface area contributed by atoms with Gasteiger partial charge >= 0.3 is 5.91 Å². The van der Waals surface area contributed by atoms with Crippen molar-refractivity contribution in [3.63, 3.8) is 0 Å². The molecule has 1 aromatic heterocycles. The Morgan fingerprint density at radius 2 is 1.70 bits per heavy atom. The third-order valence-electron chi connectivity index (χ3n) is 4.82. The summed E-state index contributed by atoms with van der Waals surface area (Å²) in [5.41, 5.74) is 2.77. The van der Waals surface area contributed by atoms with Crippen LogP contribution in [-0.2, 0) is 4.79 Å². The zero-order chi connectivity index (χ0) is 23.4. The molecule has 0 aliphatic heterocycles. The number of amides is 2. The lowest BCUT2D eigenvalue weighted by Crippen LogP contribution is -2.26. The molecule has 0 aliphatic carbocycles. The van der Waals surface area contributed by atoms with Crippen LogP contribution in [0.1, 0.15) is 21.5 Å². The molecule has 0 unspecified atom stereocenters. The van der Waals surface area contributed by atoms with Gasteiger partial charge in [0.2, 0.25) is 5.88 Å². The first kappa shape index (κ1) is 22.2. The number of benzene rings is 3. The van der Waals surface area contributed by atoms with E-state index >= 15 is 0 Å². The number of aryl methyl sites for hydroxylation is 1. The molecule has 3 N–H and O–H groups in total. The summed E-state index contributed by atoms with van der Waals surface area (Å²) in [5.74, 6) is -1.42. The zero-order valence-corrected chi connectivity index (χ0v) is 19.1. The molecule has 33 heavy (non-hydrogen) atoms. The maximum absolute atomic E-state index is 12.9. The Morgan fingerprint density at radius 1 is 1.03 bits per heavy atom.